The molecule has 0 radical (unpaired) electrons. The Kier molecular flexibility index (Phi) is 5.36. The van der Waals surface area contributed by atoms with Gasteiger partial charge in [-0.1, -0.05) is 29.8 Å². The fraction of sp³-hybridized carbons (Fsp3) is 0.269. The predicted octanol–water partition coefficient (Wildman–Crippen LogP) is 4.77. The van der Waals surface area contributed by atoms with E-state index in [1.54, 1.807) is 12.4 Å². The van der Waals surface area contributed by atoms with Crippen molar-refractivity contribution in [2.24, 2.45) is 0 Å². The summed E-state index contributed by atoms with van der Waals surface area (Å²) in [5.74, 6) is -0.907. The molecule has 5 nitrogen and oxygen atoms in total. The van der Waals surface area contributed by atoms with E-state index >= 15 is 0 Å². The second-order valence-corrected chi connectivity index (χ2v) is 8.41. The summed E-state index contributed by atoms with van der Waals surface area (Å²) in [6, 6.07) is 10.0. The second kappa shape index (κ2) is 7.99. The minimum atomic E-state index is -0.854. The lowest BCUT2D eigenvalue weighted by Gasteiger charge is -2.19. The van der Waals surface area contributed by atoms with Gasteiger partial charge in [0.2, 0.25) is 0 Å². The number of carboxylic acids is 1. The van der Waals surface area contributed by atoms with E-state index in [1.165, 1.54) is 0 Å². The van der Waals surface area contributed by atoms with Gasteiger partial charge in [0.25, 0.3) is 5.91 Å². The van der Waals surface area contributed by atoms with E-state index in [0.29, 0.717) is 18.7 Å². The number of carboxylic acid groups (broad SMARTS) is 1. The molecule has 0 saturated heterocycles. The number of carbonyl (C=O) groups is 2. The Hall–Kier alpha value is -3.47. The molecule has 5 heteroatoms. The van der Waals surface area contributed by atoms with Crippen LogP contribution in [-0.4, -0.2) is 26.9 Å². The largest absolute Gasteiger partial charge is 0.481 e. The van der Waals surface area contributed by atoms with Gasteiger partial charge in [-0.25, -0.2) is 0 Å². The van der Waals surface area contributed by atoms with Gasteiger partial charge < -0.3 is 10.0 Å². The molecular formula is C26H26N2O3. The maximum absolute atomic E-state index is 13.1. The number of nitrogens with zero attached hydrogens (tertiary/aromatic N) is 2. The summed E-state index contributed by atoms with van der Waals surface area (Å²) >= 11 is 0. The third-order valence-electron chi connectivity index (χ3n) is 6.17. The van der Waals surface area contributed by atoms with Gasteiger partial charge in [-0.15, -0.1) is 0 Å². The first-order chi connectivity index (χ1) is 14.8. The highest BCUT2D eigenvalue weighted by Gasteiger charge is 2.31. The molecule has 0 spiro atoms. The van der Waals surface area contributed by atoms with Crippen LogP contribution in [0.15, 0.2) is 42.7 Å². The number of pyridine rings is 1. The summed E-state index contributed by atoms with van der Waals surface area (Å²) in [5.41, 5.74) is 9.71. The quantitative estimate of drug-likeness (QED) is 0.668. The second-order valence-electron chi connectivity index (χ2n) is 8.41. The average molecular weight is 415 g/mol. The molecule has 1 N–H and O–H groups in total. The van der Waals surface area contributed by atoms with Crippen LogP contribution in [-0.2, 0) is 24.3 Å². The fourth-order valence-electron chi connectivity index (χ4n) is 4.55. The van der Waals surface area contributed by atoms with Gasteiger partial charge in [-0.3, -0.25) is 14.6 Å². The van der Waals surface area contributed by atoms with Gasteiger partial charge in [0, 0.05) is 25.5 Å². The summed E-state index contributed by atoms with van der Waals surface area (Å²) in [7, 11) is 0. The third-order valence-corrected chi connectivity index (χ3v) is 6.17. The molecule has 1 aromatic heterocycles. The van der Waals surface area contributed by atoms with Crippen LogP contribution in [0.3, 0.4) is 0 Å². The standard InChI is InChI=1S/C26H26N2O3/c1-15-5-7-19(8-6-15)25-18(4)23-14-28(26(31)20-9-16(2)11-27-12-20)13-22(23)17(3)21(25)10-24(29)30/h5-9,11-12H,10,13-14H2,1-4H3,(H,29,30). The van der Waals surface area contributed by atoms with E-state index < -0.39 is 5.97 Å². The number of fused-ring (bicyclic) bond motifs is 1. The Morgan fingerprint density at radius 2 is 1.58 bits per heavy atom. The first-order valence-electron chi connectivity index (χ1n) is 10.4. The first kappa shape index (κ1) is 20.8. The van der Waals surface area contributed by atoms with Crippen molar-refractivity contribution in [3.63, 3.8) is 0 Å². The average Bonchev–Trinajstić information content (AvgIpc) is 3.18. The summed E-state index contributed by atoms with van der Waals surface area (Å²) in [5, 5.41) is 9.59. The molecule has 1 aliphatic heterocycles. The van der Waals surface area contributed by atoms with Crippen molar-refractivity contribution in [2.45, 2.75) is 47.2 Å². The van der Waals surface area contributed by atoms with Gasteiger partial charge in [-0.05, 0) is 78.3 Å². The minimum Gasteiger partial charge on any atom is -0.481 e. The van der Waals surface area contributed by atoms with Crippen LogP contribution in [0.4, 0.5) is 0 Å². The van der Waals surface area contributed by atoms with Gasteiger partial charge in [-0.2, -0.15) is 0 Å². The van der Waals surface area contributed by atoms with Crippen molar-refractivity contribution in [3.8, 4) is 11.1 Å². The fourth-order valence-corrected chi connectivity index (χ4v) is 4.55. The lowest BCUT2D eigenvalue weighted by Crippen LogP contribution is -2.25. The number of carbonyl (C=O) groups excluding carboxylic acids is 1. The Labute approximate surface area is 182 Å². The molecule has 1 aliphatic rings. The number of amides is 1. The molecule has 31 heavy (non-hydrogen) atoms. The Bertz CT molecular complexity index is 1200. The summed E-state index contributed by atoms with van der Waals surface area (Å²) < 4.78 is 0. The van der Waals surface area contributed by atoms with Crippen molar-refractivity contribution in [2.75, 3.05) is 0 Å². The smallest absolute Gasteiger partial charge is 0.307 e. The lowest BCUT2D eigenvalue weighted by atomic mass is 9.84. The molecule has 3 aromatic rings. The maximum Gasteiger partial charge on any atom is 0.307 e. The topological polar surface area (TPSA) is 70.5 Å². The van der Waals surface area contributed by atoms with E-state index in [9.17, 15) is 14.7 Å². The summed E-state index contributed by atoms with van der Waals surface area (Å²) in [6.07, 6.45) is 3.29. The van der Waals surface area contributed by atoms with Gasteiger partial charge in [0.1, 0.15) is 0 Å². The number of rotatable bonds is 4. The summed E-state index contributed by atoms with van der Waals surface area (Å²) in [4.78, 5) is 30.8. The maximum atomic E-state index is 13.1. The normalized spacial score (nSPS) is 12.7. The number of aliphatic carboxylic acids is 1. The summed E-state index contributed by atoms with van der Waals surface area (Å²) in [6.45, 7) is 8.98. The highest BCUT2D eigenvalue weighted by molar-refractivity contribution is 5.94. The number of aromatic nitrogens is 1. The van der Waals surface area contributed by atoms with Crippen LogP contribution in [0.1, 0.15) is 49.3 Å². The Morgan fingerprint density at radius 1 is 0.935 bits per heavy atom. The van der Waals surface area contributed by atoms with E-state index in [2.05, 4.69) is 4.98 Å². The Morgan fingerprint density at radius 3 is 2.19 bits per heavy atom. The number of aryl methyl sites for hydroxylation is 2. The Balaban J connectivity index is 1.81. The molecule has 2 heterocycles. The van der Waals surface area contributed by atoms with Crippen LogP contribution in [0.2, 0.25) is 0 Å². The highest BCUT2D eigenvalue weighted by atomic mass is 16.4. The monoisotopic (exact) mass is 414 g/mol. The first-order valence-corrected chi connectivity index (χ1v) is 10.4. The molecule has 4 rings (SSSR count). The number of benzene rings is 2. The van der Waals surface area contributed by atoms with Gasteiger partial charge >= 0.3 is 5.97 Å². The molecule has 0 atom stereocenters. The van der Waals surface area contributed by atoms with Crippen molar-refractivity contribution >= 4 is 11.9 Å². The molecule has 2 aromatic carbocycles. The zero-order chi connectivity index (χ0) is 22.3. The van der Waals surface area contributed by atoms with E-state index in [4.69, 9.17) is 0 Å². The van der Waals surface area contributed by atoms with Crippen LogP contribution >= 0.6 is 0 Å². The van der Waals surface area contributed by atoms with Gasteiger partial charge in [0.05, 0.1) is 12.0 Å². The van der Waals surface area contributed by atoms with Crippen LogP contribution in [0.5, 0.6) is 0 Å². The SMILES string of the molecule is Cc1ccc(-c2c(C)c3c(c(C)c2CC(=O)O)CN(C(=O)c2cncc(C)c2)C3)cc1. The van der Waals surface area contributed by atoms with E-state index in [0.717, 1.165) is 50.1 Å². The zero-order valence-corrected chi connectivity index (χ0v) is 18.3. The van der Waals surface area contributed by atoms with E-state index in [-0.39, 0.29) is 12.3 Å². The third kappa shape index (κ3) is 3.83. The molecule has 0 unspecified atom stereocenters. The molecule has 0 aliphatic carbocycles. The zero-order valence-electron chi connectivity index (χ0n) is 18.3. The van der Waals surface area contributed by atoms with Crippen molar-refractivity contribution in [1.29, 1.82) is 0 Å². The molecule has 1 amide bonds. The minimum absolute atomic E-state index is 0.0427. The molecule has 0 bridgehead atoms. The van der Waals surface area contributed by atoms with Crippen LogP contribution in [0.25, 0.3) is 11.1 Å². The molecule has 0 saturated carbocycles. The van der Waals surface area contributed by atoms with Crippen molar-refractivity contribution < 1.29 is 14.7 Å². The lowest BCUT2D eigenvalue weighted by molar-refractivity contribution is -0.136. The highest BCUT2D eigenvalue weighted by Crippen LogP contribution is 2.39. The van der Waals surface area contributed by atoms with E-state index in [1.807, 2.05) is 62.9 Å². The van der Waals surface area contributed by atoms with Gasteiger partial charge in [0.15, 0.2) is 0 Å². The van der Waals surface area contributed by atoms with Crippen molar-refractivity contribution in [3.05, 3.63) is 87.2 Å². The van der Waals surface area contributed by atoms with Crippen molar-refractivity contribution in [1.82, 2.24) is 9.88 Å². The molecule has 0 fully saturated rings. The number of hydrogen-bond donors (Lipinski definition) is 1. The van der Waals surface area contributed by atoms with Crippen LogP contribution < -0.4 is 0 Å². The molecular weight excluding hydrogens is 388 g/mol. The molecule has 158 valence electrons. The van der Waals surface area contributed by atoms with Crippen LogP contribution in [0, 0.1) is 27.7 Å². The predicted molar refractivity (Wildman–Crippen MR) is 120 cm³/mol. The number of hydrogen-bond acceptors (Lipinski definition) is 3.